The number of halogens is 2. The quantitative estimate of drug-likeness (QED) is 0.704. The average molecular weight is 229 g/mol. The van der Waals surface area contributed by atoms with Gasteiger partial charge in [0.15, 0.2) is 5.78 Å². The van der Waals surface area contributed by atoms with Gasteiger partial charge in [-0.05, 0) is 24.5 Å². The Morgan fingerprint density at radius 3 is 2.64 bits per heavy atom. The number of Topliss-reactive ketones (excluding diaryl/α,β-unsaturated/α-hetero) is 1. The molecule has 1 aliphatic rings. The first kappa shape index (κ1) is 10.0. The molecule has 1 aliphatic carbocycles. The highest BCUT2D eigenvalue weighted by Gasteiger charge is 2.40. The maximum absolute atomic E-state index is 11.8. The molecule has 0 N–H and O–H groups in total. The van der Waals surface area contributed by atoms with Crippen LogP contribution in [0.25, 0.3) is 0 Å². The minimum atomic E-state index is 0.130. The Morgan fingerprint density at radius 1 is 1.43 bits per heavy atom. The third-order valence-electron chi connectivity index (χ3n) is 2.66. The average Bonchev–Trinajstić information content (AvgIpc) is 2.87. The molecule has 74 valence electrons. The summed E-state index contributed by atoms with van der Waals surface area (Å²) in [7, 11) is 0. The van der Waals surface area contributed by atoms with Crippen LogP contribution in [0.15, 0.2) is 18.2 Å². The topological polar surface area (TPSA) is 17.1 Å². The second-order valence-electron chi connectivity index (χ2n) is 3.79. The summed E-state index contributed by atoms with van der Waals surface area (Å²) < 4.78 is 0. The Kier molecular flexibility index (Phi) is 2.54. The third kappa shape index (κ3) is 1.67. The van der Waals surface area contributed by atoms with E-state index in [9.17, 15) is 4.79 Å². The fraction of sp³-hybridized carbons (Fsp3) is 0.364. The Bertz CT molecular complexity index is 387. The molecule has 0 aliphatic heterocycles. The number of carbonyl (C=O) groups excluding carboxylic acids is 1. The first-order valence-electron chi connectivity index (χ1n) is 4.59. The van der Waals surface area contributed by atoms with Gasteiger partial charge in [0.2, 0.25) is 0 Å². The molecule has 0 spiro atoms. The largest absolute Gasteiger partial charge is 0.294 e. The zero-order chi connectivity index (χ0) is 10.3. The summed E-state index contributed by atoms with van der Waals surface area (Å²) in [6, 6.07) is 5.19. The van der Waals surface area contributed by atoms with Gasteiger partial charge in [-0.2, -0.15) is 0 Å². The summed E-state index contributed by atoms with van der Waals surface area (Å²) in [6.45, 7) is 2.07. The number of carbonyl (C=O) groups is 1. The van der Waals surface area contributed by atoms with E-state index in [1.54, 1.807) is 18.2 Å². The lowest BCUT2D eigenvalue weighted by Gasteiger charge is -2.03. The Hall–Kier alpha value is -0.530. The second-order valence-corrected chi connectivity index (χ2v) is 4.57. The smallest absolute Gasteiger partial charge is 0.167 e. The first-order chi connectivity index (χ1) is 6.61. The normalized spacial score (nSPS) is 24.8. The van der Waals surface area contributed by atoms with E-state index in [-0.39, 0.29) is 11.7 Å². The van der Waals surface area contributed by atoms with Crippen molar-refractivity contribution < 1.29 is 4.79 Å². The number of hydrogen-bond acceptors (Lipinski definition) is 1. The summed E-state index contributed by atoms with van der Waals surface area (Å²) in [5.41, 5.74) is 0.563. The van der Waals surface area contributed by atoms with E-state index in [0.29, 0.717) is 21.5 Å². The molecular formula is C11H10Cl2O. The van der Waals surface area contributed by atoms with Gasteiger partial charge < -0.3 is 0 Å². The molecule has 1 aromatic carbocycles. The molecule has 1 saturated carbocycles. The lowest BCUT2D eigenvalue weighted by molar-refractivity contribution is 0.0962. The van der Waals surface area contributed by atoms with E-state index in [1.807, 2.05) is 0 Å². The lowest BCUT2D eigenvalue weighted by atomic mass is 10.1. The Balaban J connectivity index is 2.32. The molecule has 1 fully saturated rings. The van der Waals surface area contributed by atoms with E-state index >= 15 is 0 Å². The molecule has 0 radical (unpaired) electrons. The number of rotatable bonds is 2. The molecule has 1 nitrogen and oxygen atoms in total. The molecule has 2 atom stereocenters. The predicted molar refractivity (Wildman–Crippen MR) is 58.1 cm³/mol. The molecule has 0 heterocycles. The standard InChI is InChI=1S/C11H10Cl2O/c1-6-5-8(6)11(14)7-3-2-4-9(12)10(7)13/h2-4,6,8H,5H2,1H3. The van der Waals surface area contributed by atoms with Crippen LogP contribution in [0.1, 0.15) is 23.7 Å². The van der Waals surface area contributed by atoms with E-state index < -0.39 is 0 Å². The van der Waals surface area contributed by atoms with Gasteiger partial charge in [-0.15, -0.1) is 0 Å². The highest BCUT2D eigenvalue weighted by Crippen LogP contribution is 2.42. The van der Waals surface area contributed by atoms with Crippen LogP contribution in [0.5, 0.6) is 0 Å². The molecule has 0 aromatic heterocycles. The number of ketones is 1. The molecule has 3 heteroatoms. The summed E-state index contributed by atoms with van der Waals surface area (Å²) >= 11 is 11.8. The van der Waals surface area contributed by atoms with Crippen molar-refractivity contribution in [1.29, 1.82) is 0 Å². The van der Waals surface area contributed by atoms with Crippen molar-refractivity contribution in [3.8, 4) is 0 Å². The summed E-state index contributed by atoms with van der Waals surface area (Å²) in [5, 5.41) is 0.837. The molecule has 0 saturated heterocycles. The molecule has 0 bridgehead atoms. The van der Waals surface area contributed by atoms with Crippen LogP contribution in [-0.4, -0.2) is 5.78 Å². The van der Waals surface area contributed by atoms with Crippen LogP contribution in [0.3, 0.4) is 0 Å². The van der Waals surface area contributed by atoms with Gasteiger partial charge in [-0.3, -0.25) is 4.79 Å². The SMILES string of the molecule is CC1CC1C(=O)c1cccc(Cl)c1Cl. The van der Waals surface area contributed by atoms with Crippen LogP contribution < -0.4 is 0 Å². The van der Waals surface area contributed by atoms with E-state index in [4.69, 9.17) is 23.2 Å². The van der Waals surface area contributed by atoms with E-state index in [2.05, 4.69) is 6.92 Å². The first-order valence-corrected chi connectivity index (χ1v) is 5.35. The van der Waals surface area contributed by atoms with Crippen molar-refractivity contribution in [3.63, 3.8) is 0 Å². The maximum atomic E-state index is 11.8. The minimum Gasteiger partial charge on any atom is -0.294 e. The van der Waals surface area contributed by atoms with Crippen LogP contribution in [-0.2, 0) is 0 Å². The van der Waals surface area contributed by atoms with E-state index in [0.717, 1.165) is 6.42 Å². The van der Waals surface area contributed by atoms with Crippen LogP contribution in [0.2, 0.25) is 10.0 Å². The highest BCUT2D eigenvalue weighted by molar-refractivity contribution is 6.44. The van der Waals surface area contributed by atoms with Crippen LogP contribution >= 0.6 is 23.2 Å². The number of benzene rings is 1. The fourth-order valence-corrected chi connectivity index (χ4v) is 1.97. The van der Waals surface area contributed by atoms with Crippen molar-refractivity contribution in [2.45, 2.75) is 13.3 Å². The molecular weight excluding hydrogens is 219 g/mol. The van der Waals surface area contributed by atoms with Gasteiger partial charge in [0.1, 0.15) is 0 Å². The maximum Gasteiger partial charge on any atom is 0.167 e. The third-order valence-corrected chi connectivity index (χ3v) is 3.48. The molecule has 1 aromatic rings. The zero-order valence-electron chi connectivity index (χ0n) is 7.76. The second kappa shape index (κ2) is 3.56. The van der Waals surface area contributed by atoms with Crippen LogP contribution in [0, 0.1) is 11.8 Å². The predicted octanol–water partition coefficient (Wildman–Crippen LogP) is 3.83. The zero-order valence-corrected chi connectivity index (χ0v) is 9.27. The molecule has 0 amide bonds. The number of hydrogen-bond donors (Lipinski definition) is 0. The lowest BCUT2D eigenvalue weighted by Crippen LogP contribution is -2.03. The summed E-state index contributed by atoms with van der Waals surface area (Å²) in [5.74, 6) is 0.786. The van der Waals surface area contributed by atoms with Gasteiger partial charge in [0, 0.05) is 11.5 Å². The van der Waals surface area contributed by atoms with Gasteiger partial charge >= 0.3 is 0 Å². The minimum absolute atomic E-state index is 0.130. The Morgan fingerprint density at radius 2 is 2.07 bits per heavy atom. The van der Waals surface area contributed by atoms with Crippen molar-refractivity contribution in [2.24, 2.45) is 11.8 Å². The van der Waals surface area contributed by atoms with Gasteiger partial charge in [0.05, 0.1) is 10.0 Å². The van der Waals surface area contributed by atoms with Crippen LogP contribution in [0.4, 0.5) is 0 Å². The highest BCUT2D eigenvalue weighted by atomic mass is 35.5. The monoisotopic (exact) mass is 228 g/mol. The molecule has 14 heavy (non-hydrogen) atoms. The molecule has 2 unspecified atom stereocenters. The fourth-order valence-electron chi connectivity index (χ4n) is 1.58. The van der Waals surface area contributed by atoms with E-state index in [1.165, 1.54) is 0 Å². The van der Waals surface area contributed by atoms with Crippen molar-refractivity contribution in [1.82, 2.24) is 0 Å². The Labute approximate surface area is 93.0 Å². The summed E-state index contributed by atoms with van der Waals surface area (Å²) in [6.07, 6.45) is 0.974. The molecule has 2 rings (SSSR count). The van der Waals surface area contributed by atoms with Gasteiger partial charge in [-0.1, -0.05) is 36.2 Å². The van der Waals surface area contributed by atoms with Crippen molar-refractivity contribution in [3.05, 3.63) is 33.8 Å². The van der Waals surface area contributed by atoms with Crippen molar-refractivity contribution in [2.75, 3.05) is 0 Å². The van der Waals surface area contributed by atoms with Gasteiger partial charge in [0.25, 0.3) is 0 Å². The van der Waals surface area contributed by atoms with Gasteiger partial charge in [-0.25, -0.2) is 0 Å². The van der Waals surface area contributed by atoms with Crippen molar-refractivity contribution >= 4 is 29.0 Å². The summed E-state index contributed by atoms with van der Waals surface area (Å²) in [4.78, 5) is 11.8.